The molecule has 0 unspecified atom stereocenters. The molecule has 0 aliphatic carbocycles. The van der Waals surface area contributed by atoms with E-state index in [4.69, 9.17) is 23.2 Å². The Morgan fingerprint density at radius 3 is 2.32 bits per heavy atom. The normalized spacial score (nSPS) is 10.8. The van der Waals surface area contributed by atoms with Crippen LogP contribution in [0.15, 0.2) is 12.1 Å². The van der Waals surface area contributed by atoms with Gasteiger partial charge in [-0.2, -0.15) is 0 Å². The molecule has 7 heteroatoms. The summed E-state index contributed by atoms with van der Waals surface area (Å²) in [5, 5.41) is 14.3. The van der Waals surface area contributed by atoms with E-state index in [1.807, 2.05) is 14.1 Å². The highest BCUT2D eigenvalue weighted by atomic mass is 35.5. The molecule has 0 bridgehead atoms. The topological polar surface area (TPSA) is 58.4 Å². The van der Waals surface area contributed by atoms with E-state index in [-0.39, 0.29) is 15.7 Å². The maximum atomic E-state index is 10.6. The number of non-ortho nitro benzene ring substituents is 1. The molecule has 1 aromatic rings. The van der Waals surface area contributed by atoms with Gasteiger partial charge in [0.05, 0.1) is 20.7 Å². The van der Waals surface area contributed by atoms with Crippen molar-refractivity contribution in [3.05, 3.63) is 32.3 Å². The highest BCUT2D eigenvalue weighted by Crippen LogP contribution is 2.34. The van der Waals surface area contributed by atoms with Gasteiger partial charge < -0.3 is 10.2 Å². The standard InChI is InChI=1S/C12H17Cl2N3O2/c1-16(2)6-4-3-5-15-12-10(13)7-9(17(18)19)8-11(12)14/h7-8,15H,3-6H2,1-2H3. The fraction of sp³-hybridized carbons (Fsp3) is 0.500. The maximum absolute atomic E-state index is 10.6. The summed E-state index contributed by atoms with van der Waals surface area (Å²) in [6.45, 7) is 1.74. The number of nitro benzene ring substituents is 1. The summed E-state index contributed by atoms with van der Waals surface area (Å²) in [6.07, 6.45) is 2.03. The molecule has 0 saturated heterocycles. The Labute approximate surface area is 122 Å². The van der Waals surface area contributed by atoms with Gasteiger partial charge in [-0.05, 0) is 33.5 Å². The van der Waals surface area contributed by atoms with Crippen molar-refractivity contribution in [3.8, 4) is 0 Å². The van der Waals surface area contributed by atoms with Crippen LogP contribution in [0.25, 0.3) is 0 Å². The summed E-state index contributed by atoms with van der Waals surface area (Å²) in [5.41, 5.74) is 0.451. The number of nitrogens with one attached hydrogen (secondary N) is 1. The second kappa shape index (κ2) is 7.53. The molecule has 5 nitrogen and oxygen atoms in total. The van der Waals surface area contributed by atoms with E-state index in [0.717, 1.165) is 25.9 Å². The smallest absolute Gasteiger partial charge is 0.272 e. The zero-order valence-corrected chi connectivity index (χ0v) is 12.5. The molecule has 0 fully saturated rings. The van der Waals surface area contributed by atoms with E-state index in [9.17, 15) is 10.1 Å². The molecule has 1 N–H and O–H groups in total. The summed E-state index contributed by atoms with van der Waals surface area (Å²) in [4.78, 5) is 12.2. The molecule has 0 radical (unpaired) electrons. The van der Waals surface area contributed by atoms with E-state index >= 15 is 0 Å². The van der Waals surface area contributed by atoms with E-state index in [1.54, 1.807) is 0 Å². The van der Waals surface area contributed by atoms with Crippen molar-refractivity contribution in [2.45, 2.75) is 12.8 Å². The number of nitro groups is 1. The molecule has 0 saturated carbocycles. The van der Waals surface area contributed by atoms with Crippen LogP contribution in [0.5, 0.6) is 0 Å². The van der Waals surface area contributed by atoms with Crippen molar-refractivity contribution < 1.29 is 4.92 Å². The first-order chi connectivity index (χ1) is 8.91. The maximum Gasteiger partial charge on any atom is 0.272 e. The summed E-state index contributed by atoms with van der Waals surface area (Å²) in [6, 6.07) is 2.60. The van der Waals surface area contributed by atoms with Gasteiger partial charge in [-0.25, -0.2) is 0 Å². The molecule has 0 spiro atoms. The summed E-state index contributed by atoms with van der Waals surface area (Å²) < 4.78 is 0. The molecular weight excluding hydrogens is 289 g/mol. The lowest BCUT2D eigenvalue weighted by Gasteiger charge is -2.12. The number of hydrogen-bond acceptors (Lipinski definition) is 4. The molecule has 0 aromatic heterocycles. The number of nitrogens with zero attached hydrogens (tertiary/aromatic N) is 2. The summed E-state index contributed by atoms with van der Waals surface area (Å²) >= 11 is 12.0. The third-order valence-corrected chi connectivity index (χ3v) is 3.17. The second-order valence-corrected chi connectivity index (χ2v) is 5.29. The molecule has 1 rings (SSSR count). The van der Waals surface area contributed by atoms with Gasteiger partial charge >= 0.3 is 0 Å². The molecule has 0 atom stereocenters. The van der Waals surface area contributed by atoms with Crippen molar-refractivity contribution in [3.63, 3.8) is 0 Å². The molecule has 0 aliphatic heterocycles. The van der Waals surface area contributed by atoms with Crippen molar-refractivity contribution in [1.82, 2.24) is 4.90 Å². The first kappa shape index (κ1) is 16.0. The molecule has 0 aliphatic rings. The molecular formula is C12H17Cl2N3O2. The number of rotatable bonds is 7. The fourth-order valence-electron chi connectivity index (χ4n) is 1.60. The average Bonchev–Trinajstić information content (AvgIpc) is 2.30. The van der Waals surface area contributed by atoms with E-state index in [1.165, 1.54) is 12.1 Å². The first-order valence-corrected chi connectivity index (χ1v) is 6.69. The lowest BCUT2D eigenvalue weighted by molar-refractivity contribution is -0.384. The number of unbranched alkanes of at least 4 members (excludes halogenated alkanes) is 1. The van der Waals surface area contributed by atoms with Crippen LogP contribution < -0.4 is 5.32 Å². The van der Waals surface area contributed by atoms with Crippen molar-refractivity contribution in [2.75, 3.05) is 32.5 Å². The van der Waals surface area contributed by atoms with Crippen LogP contribution in [0.4, 0.5) is 11.4 Å². The molecule has 106 valence electrons. The molecule has 19 heavy (non-hydrogen) atoms. The van der Waals surface area contributed by atoms with Crippen LogP contribution in [0, 0.1) is 10.1 Å². The Kier molecular flexibility index (Phi) is 6.34. The molecule has 0 amide bonds. The minimum Gasteiger partial charge on any atom is -0.383 e. The van der Waals surface area contributed by atoms with Crippen LogP contribution in [0.3, 0.4) is 0 Å². The second-order valence-electron chi connectivity index (χ2n) is 4.48. The monoisotopic (exact) mass is 305 g/mol. The van der Waals surface area contributed by atoms with Crippen LogP contribution in [0.2, 0.25) is 10.0 Å². The van der Waals surface area contributed by atoms with Crippen LogP contribution in [-0.2, 0) is 0 Å². The predicted molar refractivity (Wildman–Crippen MR) is 79.4 cm³/mol. The summed E-state index contributed by atoms with van der Waals surface area (Å²) in [5.74, 6) is 0. The lowest BCUT2D eigenvalue weighted by atomic mass is 10.2. The minimum absolute atomic E-state index is 0.104. The SMILES string of the molecule is CN(C)CCCCNc1c(Cl)cc([N+](=O)[O-])cc1Cl. The van der Waals surface area contributed by atoms with Crippen molar-refractivity contribution >= 4 is 34.6 Å². The number of halogens is 2. The largest absolute Gasteiger partial charge is 0.383 e. The highest BCUT2D eigenvalue weighted by molar-refractivity contribution is 6.39. The molecule has 1 aromatic carbocycles. The molecule has 0 heterocycles. The van der Waals surface area contributed by atoms with E-state index in [0.29, 0.717) is 5.69 Å². The van der Waals surface area contributed by atoms with Crippen molar-refractivity contribution in [1.29, 1.82) is 0 Å². The van der Waals surface area contributed by atoms with Crippen molar-refractivity contribution in [2.24, 2.45) is 0 Å². The number of hydrogen-bond donors (Lipinski definition) is 1. The first-order valence-electron chi connectivity index (χ1n) is 5.94. The Morgan fingerprint density at radius 1 is 1.26 bits per heavy atom. The zero-order chi connectivity index (χ0) is 14.4. The minimum atomic E-state index is -0.515. The van der Waals surface area contributed by atoms with Gasteiger partial charge in [0.2, 0.25) is 0 Å². The van der Waals surface area contributed by atoms with E-state index in [2.05, 4.69) is 10.2 Å². The average molecular weight is 306 g/mol. The third-order valence-electron chi connectivity index (χ3n) is 2.57. The van der Waals surface area contributed by atoms with Gasteiger partial charge in [-0.3, -0.25) is 10.1 Å². The van der Waals surface area contributed by atoms with Gasteiger partial charge in [-0.1, -0.05) is 23.2 Å². The van der Waals surface area contributed by atoms with Gasteiger partial charge in [-0.15, -0.1) is 0 Å². The number of benzene rings is 1. The quantitative estimate of drug-likeness (QED) is 0.474. The van der Waals surface area contributed by atoms with Crippen LogP contribution in [0.1, 0.15) is 12.8 Å². The van der Waals surface area contributed by atoms with Crippen LogP contribution in [-0.4, -0.2) is 37.0 Å². The van der Waals surface area contributed by atoms with Gasteiger partial charge in [0.15, 0.2) is 0 Å². The Hall–Kier alpha value is -1.04. The van der Waals surface area contributed by atoms with Gasteiger partial charge in [0.1, 0.15) is 0 Å². The zero-order valence-electron chi connectivity index (χ0n) is 10.9. The van der Waals surface area contributed by atoms with Gasteiger partial charge in [0.25, 0.3) is 5.69 Å². The Bertz CT molecular complexity index is 430. The lowest BCUT2D eigenvalue weighted by Crippen LogP contribution is -2.14. The van der Waals surface area contributed by atoms with E-state index < -0.39 is 4.92 Å². The Balaban J connectivity index is 2.57. The summed E-state index contributed by atoms with van der Waals surface area (Å²) in [7, 11) is 4.05. The predicted octanol–water partition coefficient (Wildman–Crippen LogP) is 3.66. The van der Waals surface area contributed by atoms with Crippen LogP contribution >= 0.6 is 23.2 Å². The highest BCUT2D eigenvalue weighted by Gasteiger charge is 2.14. The fourth-order valence-corrected chi connectivity index (χ4v) is 2.21. The van der Waals surface area contributed by atoms with Gasteiger partial charge in [0, 0.05) is 18.7 Å². The Morgan fingerprint density at radius 2 is 1.84 bits per heavy atom. The number of anilines is 1. The third kappa shape index (κ3) is 5.22.